The van der Waals surface area contributed by atoms with Gasteiger partial charge in [0.2, 0.25) is 11.8 Å². The monoisotopic (exact) mass is 388 g/mol. The molecule has 3 aromatic carbocycles. The molecular weight excluding hydrogens is 368 g/mol. The Kier molecular flexibility index (Phi) is 5.17. The zero-order chi connectivity index (χ0) is 19.5. The van der Waals surface area contributed by atoms with Crippen molar-refractivity contribution in [3.63, 3.8) is 0 Å². The van der Waals surface area contributed by atoms with Gasteiger partial charge in [0.05, 0.1) is 16.9 Å². The summed E-state index contributed by atoms with van der Waals surface area (Å²) in [5.74, 6) is -0.766. The maximum atomic E-state index is 12.7. The lowest BCUT2D eigenvalue weighted by molar-refractivity contribution is -0.123. The van der Waals surface area contributed by atoms with E-state index in [1.807, 2.05) is 78.9 Å². The van der Waals surface area contributed by atoms with Gasteiger partial charge in [-0.25, -0.2) is 0 Å². The van der Waals surface area contributed by atoms with E-state index in [-0.39, 0.29) is 11.8 Å². The third-order valence-corrected chi connectivity index (χ3v) is 6.27. The SMILES string of the molecule is CC(C(=O)Nc1ccc(-c2ccccc2)cc1)C1Sc2ccccc2NC1=O. The van der Waals surface area contributed by atoms with Crippen LogP contribution in [0, 0.1) is 5.92 Å². The fourth-order valence-electron chi connectivity index (χ4n) is 3.17. The summed E-state index contributed by atoms with van der Waals surface area (Å²) >= 11 is 1.44. The molecule has 0 saturated carbocycles. The van der Waals surface area contributed by atoms with Crippen LogP contribution < -0.4 is 10.6 Å². The molecule has 1 heterocycles. The maximum absolute atomic E-state index is 12.7. The van der Waals surface area contributed by atoms with Gasteiger partial charge in [-0.3, -0.25) is 9.59 Å². The highest BCUT2D eigenvalue weighted by atomic mass is 32.2. The van der Waals surface area contributed by atoms with Gasteiger partial charge in [-0.15, -0.1) is 11.8 Å². The molecular formula is C23H20N2O2S. The topological polar surface area (TPSA) is 58.2 Å². The molecule has 3 aromatic rings. The van der Waals surface area contributed by atoms with Crippen molar-refractivity contribution in [3.8, 4) is 11.1 Å². The van der Waals surface area contributed by atoms with E-state index in [0.29, 0.717) is 0 Å². The van der Waals surface area contributed by atoms with Crippen molar-refractivity contribution in [2.24, 2.45) is 5.92 Å². The highest BCUT2D eigenvalue weighted by Gasteiger charge is 2.35. The molecule has 4 rings (SSSR count). The molecule has 0 bridgehead atoms. The van der Waals surface area contributed by atoms with Crippen molar-refractivity contribution in [2.75, 3.05) is 10.6 Å². The molecule has 2 unspecified atom stereocenters. The Morgan fingerprint density at radius 3 is 2.32 bits per heavy atom. The first-order chi connectivity index (χ1) is 13.6. The second-order valence-corrected chi connectivity index (χ2v) is 7.93. The zero-order valence-electron chi connectivity index (χ0n) is 15.4. The Hall–Kier alpha value is -3.05. The van der Waals surface area contributed by atoms with Gasteiger partial charge in [-0.05, 0) is 35.4 Å². The largest absolute Gasteiger partial charge is 0.326 e. The van der Waals surface area contributed by atoms with Gasteiger partial charge < -0.3 is 10.6 Å². The number of nitrogens with one attached hydrogen (secondary N) is 2. The van der Waals surface area contributed by atoms with Crippen molar-refractivity contribution in [1.29, 1.82) is 0 Å². The molecule has 4 nitrogen and oxygen atoms in total. The summed E-state index contributed by atoms with van der Waals surface area (Å²) in [5.41, 5.74) is 3.74. The van der Waals surface area contributed by atoms with Gasteiger partial charge in [0, 0.05) is 10.6 Å². The third-order valence-electron chi connectivity index (χ3n) is 4.78. The number of fused-ring (bicyclic) bond motifs is 1. The van der Waals surface area contributed by atoms with Crippen LogP contribution in [0.2, 0.25) is 0 Å². The Bertz CT molecular complexity index is 1000. The molecule has 1 aliphatic rings. The van der Waals surface area contributed by atoms with Crippen LogP contribution in [0.4, 0.5) is 11.4 Å². The van der Waals surface area contributed by atoms with Crippen LogP contribution in [0.3, 0.4) is 0 Å². The molecule has 2 N–H and O–H groups in total. The van der Waals surface area contributed by atoms with Crippen LogP contribution in [0.25, 0.3) is 11.1 Å². The maximum Gasteiger partial charge on any atom is 0.238 e. The smallest absolute Gasteiger partial charge is 0.238 e. The van der Waals surface area contributed by atoms with Crippen LogP contribution >= 0.6 is 11.8 Å². The van der Waals surface area contributed by atoms with Gasteiger partial charge in [-0.2, -0.15) is 0 Å². The predicted molar refractivity (Wildman–Crippen MR) is 114 cm³/mol. The number of hydrogen-bond acceptors (Lipinski definition) is 3. The number of carbonyl (C=O) groups excluding carboxylic acids is 2. The number of para-hydroxylation sites is 1. The number of thioether (sulfide) groups is 1. The molecule has 2 amide bonds. The minimum absolute atomic E-state index is 0.134. The summed E-state index contributed by atoms with van der Waals surface area (Å²) in [4.78, 5) is 26.1. The van der Waals surface area contributed by atoms with E-state index in [9.17, 15) is 9.59 Å². The molecule has 0 spiro atoms. The van der Waals surface area contributed by atoms with Crippen LogP contribution in [0.1, 0.15) is 6.92 Å². The summed E-state index contributed by atoms with van der Waals surface area (Å²) in [6.45, 7) is 1.79. The molecule has 0 aliphatic carbocycles. The fourth-order valence-corrected chi connectivity index (χ4v) is 4.34. The Balaban J connectivity index is 1.44. The Labute approximate surface area is 168 Å². The molecule has 0 saturated heterocycles. The summed E-state index contributed by atoms with van der Waals surface area (Å²) in [6.07, 6.45) is 0. The number of benzene rings is 3. The van der Waals surface area contributed by atoms with Crippen molar-refractivity contribution in [3.05, 3.63) is 78.9 Å². The van der Waals surface area contributed by atoms with Crippen LogP contribution in [0.5, 0.6) is 0 Å². The third kappa shape index (κ3) is 3.80. The van der Waals surface area contributed by atoms with Crippen molar-refractivity contribution >= 4 is 35.0 Å². The van der Waals surface area contributed by atoms with Gasteiger partial charge >= 0.3 is 0 Å². The number of amides is 2. The molecule has 1 aliphatic heterocycles. The molecule has 2 atom stereocenters. The molecule has 0 aromatic heterocycles. The molecule has 0 fully saturated rings. The fraction of sp³-hybridized carbons (Fsp3) is 0.130. The lowest BCUT2D eigenvalue weighted by atomic mass is 10.0. The minimum atomic E-state index is -0.466. The van der Waals surface area contributed by atoms with Crippen molar-refractivity contribution in [2.45, 2.75) is 17.1 Å². The standard InChI is InChI=1S/C23H20N2O2S/c1-15(21-23(27)25-19-9-5-6-10-20(19)28-21)22(26)24-18-13-11-17(12-14-18)16-7-3-2-4-8-16/h2-15,21H,1H3,(H,24,26)(H,25,27). The lowest BCUT2D eigenvalue weighted by Crippen LogP contribution is -2.39. The normalized spacial score (nSPS) is 16.6. The van der Waals surface area contributed by atoms with E-state index >= 15 is 0 Å². The number of carbonyl (C=O) groups is 2. The second kappa shape index (κ2) is 7.90. The molecule has 0 radical (unpaired) electrons. The van der Waals surface area contributed by atoms with Crippen LogP contribution in [0.15, 0.2) is 83.8 Å². The second-order valence-electron chi connectivity index (χ2n) is 6.75. The average Bonchev–Trinajstić information content (AvgIpc) is 2.74. The summed E-state index contributed by atoms with van der Waals surface area (Å²) < 4.78 is 0. The zero-order valence-corrected chi connectivity index (χ0v) is 16.2. The summed E-state index contributed by atoms with van der Waals surface area (Å²) in [6, 6.07) is 25.4. The minimum Gasteiger partial charge on any atom is -0.326 e. The molecule has 28 heavy (non-hydrogen) atoms. The van der Waals surface area contributed by atoms with Crippen molar-refractivity contribution < 1.29 is 9.59 Å². The van der Waals surface area contributed by atoms with Crippen molar-refractivity contribution in [1.82, 2.24) is 0 Å². The number of anilines is 2. The van der Waals surface area contributed by atoms with E-state index in [2.05, 4.69) is 10.6 Å². The van der Waals surface area contributed by atoms with Crippen LogP contribution in [-0.4, -0.2) is 17.1 Å². The van der Waals surface area contributed by atoms with E-state index in [1.54, 1.807) is 6.92 Å². The predicted octanol–water partition coefficient (Wildman–Crippen LogP) is 5.04. The van der Waals surface area contributed by atoms with E-state index in [4.69, 9.17) is 0 Å². The van der Waals surface area contributed by atoms with Crippen LogP contribution in [-0.2, 0) is 9.59 Å². The lowest BCUT2D eigenvalue weighted by Gasteiger charge is -2.27. The van der Waals surface area contributed by atoms with E-state index in [1.165, 1.54) is 11.8 Å². The highest BCUT2D eigenvalue weighted by Crippen LogP contribution is 2.38. The summed E-state index contributed by atoms with van der Waals surface area (Å²) in [7, 11) is 0. The Morgan fingerprint density at radius 1 is 0.929 bits per heavy atom. The average molecular weight is 388 g/mol. The highest BCUT2D eigenvalue weighted by molar-refractivity contribution is 8.01. The van der Waals surface area contributed by atoms with E-state index < -0.39 is 11.2 Å². The first-order valence-corrected chi connectivity index (χ1v) is 10.0. The van der Waals surface area contributed by atoms with E-state index in [0.717, 1.165) is 27.4 Å². The first kappa shape index (κ1) is 18.3. The summed E-state index contributed by atoms with van der Waals surface area (Å²) in [5, 5.41) is 5.37. The number of rotatable bonds is 4. The van der Waals surface area contributed by atoms with Gasteiger partial charge in [0.1, 0.15) is 0 Å². The van der Waals surface area contributed by atoms with Gasteiger partial charge in [0.15, 0.2) is 0 Å². The molecule has 5 heteroatoms. The molecule has 140 valence electrons. The first-order valence-electron chi connectivity index (χ1n) is 9.15. The van der Waals surface area contributed by atoms with Gasteiger partial charge in [-0.1, -0.05) is 61.5 Å². The Morgan fingerprint density at radius 2 is 1.57 bits per heavy atom. The van der Waals surface area contributed by atoms with Gasteiger partial charge in [0.25, 0.3) is 0 Å². The quantitative estimate of drug-likeness (QED) is 0.658. The number of hydrogen-bond donors (Lipinski definition) is 2.